The highest BCUT2D eigenvalue weighted by Crippen LogP contribution is 2.37. The fourth-order valence-corrected chi connectivity index (χ4v) is 10.2. The third-order valence-corrected chi connectivity index (χ3v) is 15.0. The molecular formula is C56H68Cl6N6O7. The zero-order valence-electron chi connectivity index (χ0n) is 42.6. The van der Waals surface area contributed by atoms with E-state index in [1.54, 1.807) is 0 Å². The number of rotatable bonds is 20. The van der Waals surface area contributed by atoms with Crippen molar-refractivity contribution in [2.45, 2.75) is 57.2 Å². The average Bonchev–Trinajstić information content (AvgIpc) is 3.96. The predicted molar refractivity (Wildman–Crippen MR) is 304 cm³/mol. The van der Waals surface area contributed by atoms with Gasteiger partial charge in [-0.1, -0.05) is 166 Å². The van der Waals surface area contributed by atoms with Crippen LogP contribution in [0.25, 0.3) is 0 Å². The van der Waals surface area contributed by atoms with Gasteiger partial charge < -0.3 is 49.2 Å². The molecule has 2 unspecified atom stereocenters. The minimum Gasteiger partial charge on any atom is -0.633 e. The van der Waals surface area contributed by atoms with Crippen LogP contribution in [0.1, 0.15) is 36.8 Å². The number of hydroxylamine groups is 3. The van der Waals surface area contributed by atoms with E-state index in [4.69, 9.17) is 88.6 Å². The molecule has 0 saturated carbocycles. The topological polar surface area (TPSA) is 128 Å². The summed E-state index contributed by atoms with van der Waals surface area (Å²) in [6, 6.07) is 36.0. The van der Waals surface area contributed by atoms with E-state index in [2.05, 4.69) is 56.7 Å². The minimum atomic E-state index is -2.03. The van der Waals surface area contributed by atoms with Gasteiger partial charge in [-0.25, -0.2) is 0 Å². The molecular weight excluding hydrogens is 1080 g/mol. The van der Waals surface area contributed by atoms with Crippen molar-refractivity contribution < 1.29 is 33.2 Å². The third-order valence-electron chi connectivity index (χ3n) is 13.9. The van der Waals surface area contributed by atoms with E-state index >= 15 is 0 Å². The van der Waals surface area contributed by atoms with E-state index in [9.17, 15) is 14.8 Å². The Morgan fingerprint density at radius 1 is 0.640 bits per heavy atom. The Hall–Kier alpha value is -3.96. The highest BCUT2D eigenvalue weighted by molar-refractivity contribution is 6.76. The van der Waals surface area contributed by atoms with Crippen molar-refractivity contribution in [2.24, 2.45) is 0 Å². The Balaban J connectivity index is 0.000000219. The fraction of sp³-hybridized carbons (Fsp3) is 0.464. The Bertz CT molecular complexity index is 2540. The Morgan fingerprint density at radius 3 is 1.53 bits per heavy atom. The van der Waals surface area contributed by atoms with Gasteiger partial charge in [0, 0.05) is 70.3 Å². The summed E-state index contributed by atoms with van der Waals surface area (Å²) in [4.78, 5) is 31.9. The number of nitrogens with one attached hydrogen (secondary N) is 2. The second kappa shape index (κ2) is 27.1. The molecule has 4 aromatic rings. The maximum atomic E-state index is 12.7. The molecule has 0 bridgehead atoms. The number of anilines is 2. The van der Waals surface area contributed by atoms with Crippen LogP contribution in [0.15, 0.2) is 132 Å². The molecule has 2 heterocycles. The number of carbonyl (C=O) groups excluding carboxylic acids is 2. The first-order valence-electron chi connectivity index (χ1n) is 25.4. The van der Waals surface area contributed by atoms with Gasteiger partial charge in [0.15, 0.2) is 0 Å². The minimum absolute atomic E-state index is 0.271. The average molecular weight is 1150 g/mol. The number of amides is 2. The van der Waals surface area contributed by atoms with Gasteiger partial charge >= 0.3 is 0 Å². The second-order valence-electron chi connectivity index (χ2n) is 19.8. The number of alkyl halides is 6. The number of benzene rings is 4. The van der Waals surface area contributed by atoms with Crippen molar-refractivity contribution in [3.63, 3.8) is 0 Å². The molecule has 19 heteroatoms. The highest BCUT2D eigenvalue weighted by atomic mass is 35.6. The first kappa shape index (κ1) is 58.7. The van der Waals surface area contributed by atoms with Crippen molar-refractivity contribution in [2.75, 3.05) is 116 Å². The number of ether oxygens (including phenoxy) is 4. The SMILES string of the molecule is CN(CC1=CC(Cc2ccccc2)(NC(=O)C(Cl)(Cl)Cl)CC1)c1cccc(OCCN2CCOCC2)c1.CN(CC1=CC(Cc2ccccc2)(NC(=O)C(Cl)(Cl)Cl)CC1)c1cccc(OCC[N+]2([O-])CCOCC2)c1. The zero-order chi connectivity index (χ0) is 53.5. The van der Waals surface area contributed by atoms with E-state index in [0.717, 1.165) is 92.7 Å². The Labute approximate surface area is 472 Å². The van der Waals surface area contributed by atoms with E-state index in [-0.39, 0.29) is 4.65 Å². The van der Waals surface area contributed by atoms with Crippen molar-refractivity contribution in [1.29, 1.82) is 0 Å². The summed E-state index contributed by atoms with van der Waals surface area (Å²) >= 11 is 35.3. The predicted octanol–water partition coefficient (Wildman–Crippen LogP) is 10.1. The molecule has 0 aromatic heterocycles. The van der Waals surface area contributed by atoms with Crippen LogP contribution in [0, 0.1) is 5.21 Å². The lowest BCUT2D eigenvalue weighted by molar-refractivity contribution is -0.888. The van der Waals surface area contributed by atoms with Crippen molar-refractivity contribution in [3.05, 3.63) is 149 Å². The summed E-state index contributed by atoms with van der Waals surface area (Å²) in [6.07, 6.45) is 8.58. The summed E-state index contributed by atoms with van der Waals surface area (Å²) in [5.41, 5.74) is 5.42. The molecule has 8 rings (SSSR count). The van der Waals surface area contributed by atoms with Crippen LogP contribution in [-0.4, -0.2) is 146 Å². The molecule has 0 radical (unpaired) electrons. The fourth-order valence-electron chi connectivity index (χ4n) is 9.93. The standard InChI is InChI=1S/C28H34Cl3N3O4.C28H34Cl3N3O3/c1-33(24-8-5-9-25(18-24)38-17-14-34(36)12-15-37-16-13-34)21-23-10-11-27(20-23,32-26(35)28(29,30)31)19-22-6-3-2-4-7-22;1-33(24-8-5-9-25(18-24)37-17-14-34-12-15-36-16-13-34)21-23-10-11-27(20-23,32-26(35)28(29,30)31)19-22-6-3-2-4-7-22/h2-9,18,20H,10-17,19,21H2,1H3,(H,32,35);2-9,18,20H,10-17,19,21H2,1H3,(H,32,35). The molecule has 75 heavy (non-hydrogen) atoms. The number of morpholine rings is 2. The molecule has 13 nitrogen and oxygen atoms in total. The molecule has 2 atom stereocenters. The zero-order valence-corrected chi connectivity index (χ0v) is 47.1. The quantitative estimate of drug-likeness (QED) is 0.0382. The van der Waals surface area contributed by atoms with Gasteiger partial charge in [0.25, 0.3) is 19.4 Å². The maximum Gasteiger partial charge on any atom is 0.272 e. The van der Waals surface area contributed by atoms with Gasteiger partial charge in [-0.3, -0.25) is 14.5 Å². The van der Waals surface area contributed by atoms with Crippen molar-refractivity contribution >= 4 is 92.8 Å². The van der Waals surface area contributed by atoms with Crippen LogP contribution in [0.4, 0.5) is 11.4 Å². The largest absolute Gasteiger partial charge is 0.633 e. The molecule has 4 aromatic carbocycles. The number of quaternary nitrogens is 1. The lowest BCUT2D eigenvalue weighted by atomic mass is 9.90. The number of likely N-dealkylation sites (N-methyl/N-ethyl adjacent to an activating group) is 2. The first-order valence-corrected chi connectivity index (χ1v) is 27.7. The molecule has 2 aliphatic heterocycles. The summed E-state index contributed by atoms with van der Waals surface area (Å²) in [6.45, 7) is 9.10. The van der Waals surface area contributed by atoms with Crippen LogP contribution in [0.5, 0.6) is 11.5 Å². The number of hydrogen-bond acceptors (Lipinski definition) is 10. The molecule has 406 valence electrons. The van der Waals surface area contributed by atoms with Crippen molar-refractivity contribution in [3.8, 4) is 11.5 Å². The smallest absolute Gasteiger partial charge is 0.272 e. The van der Waals surface area contributed by atoms with Gasteiger partial charge in [-0.2, -0.15) is 0 Å². The van der Waals surface area contributed by atoms with Gasteiger partial charge in [-0.15, -0.1) is 0 Å². The van der Waals surface area contributed by atoms with Crippen LogP contribution in [-0.2, 0) is 31.9 Å². The van der Waals surface area contributed by atoms with E-state index in [1.165, 1.54) is 11.1 Å². The molecule has 2 fully saturated rings. The van der Waals surface area contributed by atoms with Crippen LogP contribution in [0.3, 0.4) is 0 Å². The van der Waals surface area contributed by atoms with Gasteiger partial charge in [0.2, 0.25) is 0 Å². The second-order valence-corrected chi connectivity index (χ2v) is 24.4. The lowest BCUT2D eigenvalue weighted by Gasteiger charge is -2.44. The summed E-state index contributed by atoms with van der Waals surface area (Å²) < 4.78 is 18.3. The van der Waals surface area contributed by atoms with Crippen LogP contribution >= 0.6 is 69.6 Å². The molecule has 4 aliphatic rings. The number of hydrogen-bond donors (Lipinski definition) is 2. The first-order chi connectivity index (χ1) is 35.8. The number of carbonyl (C=O) groups is 2. The van der Waals surface area contributed by atoms with Gasteiger partial charge in [-0.05, 0) is 73.9 Å². The summed E-state index contributed by atoms with van der Waals surface area (Å²) in [5, 5.41) is 18.7. The lowest BCUT2D eigenvalue weighted by Crippen LogP contribution is -2.52. The molecule has 2 saturated heterocycles. The monoisotopic (exact) mass is 1150 g/mol. The third kappa shape index (κ3) is 18.3. The molecule has 2 N–H and O–H groups in total. The number of halogens is 6. The summed E-state index contributed by atoms with van der Waals surface area (Å²) in [5.74, 6) is 0.337. The molecule has 2 amide bonds. The highest BCUT2D eigenvalue weighted by Gasteiger charge is 2.42. The van der Waals surface area contributed by atoms with E-state index in [1.807, 2.05) is 104 Å². The molecule has 0 spiro atoms. The van der Waals surface area contributed by atoms with E-state index in [0.29, 0.717) is 71.9 Å². The Kier molecular flexibility index (Phi) is 21.2. The maximum absolute atomic E-state index is 12.7. The van der Waals surface area contributed by atoms with E-state index < -0.39 is 30.5 Å². The van der Waals surface area contributed by atoms with Gasteiger partial charge in [0.05, 0.1) is 37.5 Å². The van der Waals surface area contributed by atoms with Crippen LogP contribution < -0.4 is 29.9 Å². The van der Waals surface area contributed by atoms with Crippen LogP contribution in [0.2, 0.25) is 0 Å². The normalized spacial score (nSPS) is 20.7. The van der Waals surface area contributed by atoms with Crippen molar-refractivity contribution in [1.82, 2.24) is 15.5 Å². The Morgan fingerprint density at radius 2 is 1.08 bits per heavy atom. The molecule has 2 aliphatic carbocycles. The number of nitrogens with zero attached hydrogens (tertiary/aromatic N) is 4. The summed E-state index contributed by atoms with van der Waals surface area (Å²) in [7, 11) is 4.08. The van der Waals surface area contributed by atoms with Gasteiger partial charge in [0.1, 0.15) is 44.3 Å².